The summed E-state index contributed by atoms with van der Waals surface area (Å²) in [5.41, 5.74) is 4.07. The Bertz CT molecular complexity index is 864. The molecule has 0 amide bonds. The van der Waals surface area contributed by atoms with E-state index in [1.807, 2.05) is 0 Å². The minimum atomic E-state index is 0.718. The zero-order chi connectivity index (χ0) is 17.2. The standard InChI is InChI=1S/C22H29N3/c1-3-24-13-7-8-18(24)16-23-15-17-11-12-22-20(14-17)19-9-5-6-10-21(19)25(22)4-2/h5-6,9-12,14,18,23H,3-4,7-8,13,15-16H2,1-2H3/t18-/m0/s1. The summed E-state index contributed by atoms with van der Waals surface area (Å²) in [6.07, 6.45) is 2.69. The van der Waals surface area contributed by atoms with Gasteiger partial charge in [0.2, 0.25) is 0 Å². The van der Waals surface area contributed by atoms with Crippen LogP contribution in [-0.4, -0.2) is 35.1 Å². The third-order valence-corrected chi connectivity index (χ3v) is 5.77. The molecule has 1 fully saturated rings. The number of benzene rings is 2. The number of para-hydroxylation sites is 1. The van der Waals surface area contributed by atoms with E-state index in [4.69, 9.17) is 0 Å². The van der Waals surface area contributed by atoms with Gasteiger partial charge in [0.05, 0.1) is 0 Å². The number of aryl methyl sites for hydroxylation is 1. The maximum absolute atomic E-state index is 3.69. The molecule has 0 unspecified atom stereocenters. The average Bonchev–Trinajstić information content (AvgIpc) is 3.23. The van der Waals surface area contributed by atoms with Crippen LogP contribution in [0.1, 0.15) is 32.3 Å². The van der Waals surface area contributed by atoms with Gasteiger partial charge in [-0.2, -0.15) is 0 Å². The Kier molecular flexibility index (Phi) is 4.78. The number of aromatic nitrogens is 1. The second-order valence-electron chi connectivity index (χ2n) is 7.17. The summed E-state index contributed by atoms with van der Waals surface area (Å²) < 4.78 is 2.42. The fourth-order valence-corrected chi connectivity index (χ4v) is 4.48. The molecule has 1 N–H and O–H groups in total. The molecule has 1 aliphatic rings. The van der Waals surface area contributed by atoms with Crippen molar-refractivity contribution in [1.29, 1.82) is 0 Å². The van der Waals surface area contributed by atoms with E-state index in [1.54, 1.807) is 0 Å². The Labute approximate surface area is 150 Å². The van der Waals surface area contributed by atoms with Gasteiger partial charge in [0.1, 0.15) is 0 Å². The summed E-state index contributed by atoms with van der Waals surface area (Å²) in [7, 11) is 0. The fourth-order valence-electron chi connectivity index (χ4n) is 4.48. The van der Waals surface area contributed by atoms with Crippen LogP contribution in [0.4, 0.5) is 0 Å². The van der Waals surface area contributed by atoms with E-state index in [0.29, 0.717) is 0 Å². The van der Waals surface area contributed by atoms with Crippen LogP contribution < -0.4 is 5.32 Å². The van der Waals surface area contributed by atoms with Crippen molar-refractivity contribution >= 4 is 21.8 Å². The number of nitrogens with zero attached hydrogens (tertiary/aromatic N) is 2. The summed E-state index contributed by atoms with van der Waals surface area (Å²) >= 11 is 0. The van der Waals surface area contributed by atoms with Gasteiger partial charge < -0.3 is 9.88 Å². The molecule has 0 bridgehead atoms. The number of nitrogens with one attached hydrogen (secondary N) is 1. The minimum absolute atomic E-state index is 0.718. The lowest BCUT2D eigenvalue weighted by atomic mass is 10.1. The van der Waals surface area contributed by atoms with Gasteiger partial charge in [-0.3, -0.25) is 4.90 Å². The minimum Gasteiger partial charge on any atom is -0.341 e. The SMILES string of the molecule is CCN1CCC[C@H]1CNCc1ccc2c(c1)c1ccccc1n2CC. The van der Waals surface area contributed by atoms with Gasteiger partial charge in [-0.25, -0.2) is 0 Å². The van der Waals surface area contributed by atoms with Crippen LogP contribution in [0, 0.1) is 0 Å². The van der Waals surface area contributed by atoms with Crippen molar-refractivity contribution in [2.45, 2.75) is 45.8 Å². The normalized spacial score (nSPS) is 18.6. The molecule has 1 aromatic heterocycles. The second-order valence-corrected chi connectivity index (χ2v) is 7.17. The lowest BCUT2D eigenvalue weighted by Gasteiger charge is -2.23. The molecule has 0 saturated carbocycles. The predicted octanol–water partition coefficient (Wildman–Crippen LogP) is 4.39. The molecule has 3 aromatic rings. The van der Waals surface area contributed by atoms with E-state index in [-0.39, 0.29) is 0 Å². The van der Waals surface area contributed by atoms with E-state index in [1.165, 1.54) is 53.3 Å². The summed E-state index contributed by atoms with van der Waals surface area (Å²) in [5.74, 6) is 0. The maximum atomic E-state index is 3.69. The number of fused-ring (bicyclic) bond motifs is 3. The first-order valence-corrected chi connectivity index (χ1v) is 9.76. The number of rotatable bonds is 6. The smallest absolute Gasteiger partial charge is 0.0491 e. The van der Waals surface area contributed by atoms with Crippen LogP contribution in [0.5, 0.6) is 0 Å². The molecule has 0 aliphatic carbocycles. The lowest BCUT2D eigenvalue weighted by Crippen LogP contribution is -2.37. The number of hydrogen-bond acceptors (Lipinski definition) is 2. The maximum Gasteiger partial charge on any atom is 0.0491 e. The molecule has 3 heteroatoms. The zero-order valence-corrected chi connectivity index (χ0v) is 15.5. The predicted molar refractivity (Wildman–Crippen MR) is 107 cm³/mol. The van der Waals surface area contributed by atoms with Gasteiger partial charge in [-0.05, 0) is 56.6 Å². The van der Waals surface area contributed by atoms with Crippen molar-refractivity contribution in [1.82, 2.24) is 14.8 Å². The molecule has 0 spiro atoms. The Morgan fingerprint density at radius 2 is 1.84 bits per heavy atom. The van der Waals surface area contributed by atoms with E-state index in [0.717, 1.165) is 25.7 Å². The highest BCUT2D eigenvalue weighted by Gasteiger charge is 2.22. The number of likely N-dealkylation sites (N-methyl/N-ethyl adjacent to an activating group) is 1. The van der Waals surface area contributed by atoms with E-state index in [9.17, 15) is 0 Å². The topological polar surface area (TPSA) is 20.2 Å². The van der Waals surface area contributed by atoms with Gasteiger partial charge in [0.15, 0.2) is 0 Å². The zero-order valence-electron chi connectivity index (χ0n) is 15.5. The van der Waals surface area contributed by atoms with Crippen molar-refractivity contribution in [3.05, 3.63) is 48.0 Å². The molecular formula is C22H29N3. The van der Waals surface area contributed by atoms with Crippen molar-refractivity contribution in [2.24, 2.45) is 0 Å². The summed E-state index contributed by atoms with van der Waals surface area (Å²) in [6, 6.07) is 16.4. The summed E-state index contributed by atoms with van der Waals surface area (Å²) in [4.78, 5) is 2.60. The quantitative estimate of drug-likeness (QED) is 0.721. The third-order valence-electron chi connectivity index (χ3n) is 5.77. The molecule has 132 valence electrons. The molecule has 1 aliphatic heterocycles. The first kappa shape index (κ1) is 16.6. The largest absolute Gasteiger partial charge is 0.341 e. The van der Waals surface area contributed by atoms with Crippen molar-refractivity contribution in [3.63, 3.8) is 0 Å². The first-order chi connectivity index (χ1) is 12.3. The molecular weight excluding hydrogens is 306 g/mol. The van der Waals surface area contributed by atoms with E-state index in [2.05, 4.69) is 71.1 Å². The molecule has 1 atom stereocenters. The molecule has 4 rings (SSSR count). The highest BCUT2D eigenvalue weighted by atomic mass is 15.2. The first-order valence-electron chi connectivity index (χ1n) is 9.76. The highest BCUT2D eigenvalue weighted by molar-refractivity contribution is 6.08. The average molecular weight is 335 g/mol. The van der Waals surface area contributed by atoms with Gasteiger partial charge in [-0.15, -0.1) is 0 Å². The molecule has 0 radical (unpaired) electrons. The van der Waals surface area contributed by atoms with Crippen molar-refractivity contribution < 1.29 is 0 Å². The number of hydrogen-bond donors (Lipinski definition) is 1. The van der Waals surface area contributed by atoms with Gasteiger partial charge in [0, 0.05) is 47.5 Å². The monoisotopic (exact) mass is 335 g/mol. The highest BCUT2D eigenvalue weighted by Crippen LogP contribution is 2.29. The van der Waals surface area contributed by atoms with Gasteiger partial charge >= 0.3 is 0 Å². The molecule has 2 aromatic carbocycles. The fraction of sp³-hybridized carbons (Fsp3) is 0.455. The molecule has 2 heterocycles. The second kappa shape index (κ2) is 7.19. The Balaban J connectivity index is 1.54. The van der Waals surface area contributed by atoms with Gasteiger partial charge in [-0.1, -0.05) is 31.2 Å². The van der Waals surface area contributed by atoms with Crippen LogP contribution in [0.25, 0.3) is 21.8 Å². The lowest BCUT2D eigenvalue weighted by molar-refractivity contribution is 0.260. The van der Waals surface area contributed by atoms with Gasteiger partial charge in [0.25, 0.3) is 0 Å². The van der Waals surface area contributed by atoms with E-state index < -0.39 is 0 Å². The van der Waals surface area contributed by atoms with Crippen LogP contribution in [0.2, 0.25) is 0 Å². The van der Waals surface area contributed by atoms with Crippen molar-refractivity contribution in [2.75, 3.05) is 19.6 Å². The van der Waals surface area contributed by atoms with E-state index >= 15 is 0 Å². The Morgan fingerprint density at radius 1 is 1.00 bits per heavy atom. The van der Waals surface area contributed by atoms with Crippen LogP contribution in [0.15, 0.2) is 42.5 Å². The Hall–Kier alpha value is -1.84. The molecule has 25 heavy (non-hydrogen) atoms. The molecule has 1 saturated heterocycles. The van der Waals surface area contributed by atoms with Crippen LogP contribution in [0.3, 0.4) is 0 Å². The number of likely N-dealkylation sites (tertiary alicyclic amines) is 1. The van der Waals surface area contributed by atoms with Crippen LogP contribution >= 0.6 is 0 Å². The molecule has 3 nitrogen and oxygen atoms in total. The Morgan fingerprint density at radius 3 is 2.68 bits per heavy atom. The van der Waals surface area contributed by atoms with Crippen LogP contribution in [-0.2, 0) is 13.1 Å². The summed E-state index contributed by atoms with van der Waals surface area (Å²) in [5, 5.41) is 6.44. The third kappa shape index (κ3) is 3.07. The van der Waals surface area contributed by atoms with Crippen molar-refractivity contribution in [3.8, 4) is 0 Å². The summed E-state index contributed by atoms with van der Waals surface area (Å²) in [6.45, 7) is 10.0.